The zero-order valence-electron chi connectivity index (χ0n) is 11.0. The summed E-state index contributed by atoms with van der Waals surface area (Å²) in [6, 6.07) is 3.37. The molecule has 0 spiro atoms. The Hall–Kier alpha value is -1.67. The van der Waals surface area contributed by atoms with Crippen molar-refractivity contribution in [2.75, 3.05) is 12.3 Å². The molecule has 8 heteroatoms. The maximum absolute atomic E-state index is 11.9. The molecule has 1 saturated carbocycles. The summed E-state index contributed by atoms with van der Waals surface area (Å²) in [6.07, 6.45) is 4.18. The minimum absolute atomic E-state index is 0.0379. The zero-order chi connectivity index (χ0) is 14.6. The highest BCUT2D eigenvalue weighted by Crippen LogP contribution is 2.18. The molecule has 110 valence electrons. The highest BCUT2D eigenvalue weighted by Gasteiger charge is 2.23. The van der Waals surface area contributed by atoms with Gasteiger partial charge in [0.05, 0.1) is 5.69 Å². The van der Waals surface area contributed by atoms with Gasteiger partial charge >= 0.3 is 0 Å². The summed E-state index contributed by atoms with van der Waals surface area (Å²) in [5.41, 5.74) is 5.68. The van der Waals surface area contributed by atoms with E-state index in [0.717, 1.165) is 12.8 Å². The maximum atomic E-state index is 11.9. The number of carbonyl (C=O) groups is 1. The van der Waals surface area contributed by atoms with Crippen molar-refractivity contribution in [1.29, 1.82) is 0 Å². The number of rotatable bonds is 7. The summed E-state index contributed by atoms with van der Waals surface area (Å²) in [7, 11) is -3.72. The van der Waals surface area contributed by atoms with Crippen molar-refractivity contribution in [3.8, 4) is 0 Å². The summed E-state index contributed by atoms with van der Waals surface area (Å²) in [5, 5.41) is 2.67. The highest BCUT2D eigenvalue weighted by molar-refractivity contribution is 7.89. The Labute approximate surface area is 118 Å². The molecule has 1 aromatic heterocycles. The molecule has 2 rings (SSSR count). The van der Waals surface area contributed by atoms with Crippen molar-refractivity contribution in [2.24, 2.45) is 0 Å². The first-order valence-corrected chi connectivity index (χ1v) is 7.97. The minimum Gasteiger partial charge on any atom is -0.396 e. The van der Waals surface area contributed by atoms with E-state index in [4.69, 9.17) is 5.73 Å². The van der Waals surface area contributed by atoms with Gasteiger partial charge in [0.25, 0.3) is 10.0 Å². The molecule has 1 heterocycles. The van der Waals surface area contributed by atoms with Crippen LogP contribution in [0.5, 0.6) is 0 Å². The van der Waals surface area contributed by atoms with Crippen LogP contribution < -0.4 is 15.8 Å². The van der Waals surface area contributed by atoms with E-state index in [1.807, 2.05) is 0 Å². The Kier molecular flexibility index (Phi) is 4.56. The van der Waals surface area contributed by atoms with Gasteiger partial charge < -0.3 is 11.1 Å². The molecule has 0 atom stereocenters. The molecule has 7 nitrogen and oxygen atoms in total. The normalized spacial score (nSPS) is 15.0. The summed E-state index contributed by atoms with van der Waals surface area (Å²) in [4.78, 5) is 15.2. The van der Waals surface area contributed by atoms with Crippen LogP contribution in [-0.4, -0.2) is 31.9 Å². The van der Waals surface area contributed by atoms with Gasteiger partial charge in [-0.05, 0) is 31.4 Å². The van der Waals surface area contributed by atoms with Crippen molar-refractivity contribution in [2.45, 2.75) is 36.8 Å². The van der Waals surface area contributed by atoms with E-state index in [0.29, 0.717) is 18.9 Å². The van der Waals surface area contributed by atoms with Crippen LogP contribution in [0.4, 0.5) is 5.69 Å². The van der Waals surface area contributed by atoms with Gasteiger partial charge in [-0.25, -0.2) is 18.1 Å². The van der Waals surface area contributed by atoms with E-state index < -0.39 is 10.0 Å². The van der Waals surface area contributed by atoms with Crippen molar-refractivity contribution in [3.63, 3.8) is 0 Å². The fourth-order valence-electron chi connectivity index (χ4n) is 1.68. The lowest BCUT2D eigenvalue weighted by atomic mass is 10.3. The second kappa shape index (κ2) is 6.19. The van der Waals surface area contributed by atoms with E-state index >= 15 is 0 Å². The number of amides is 1. The molecular formula is C12H18N4O3S. The van der Waals surface area contributed by atoms with Gasteiger partial charge in [-0.15, -0.1) is 0 Å². The molecule has 0 saturated heterocycles. The van der Waals surface area contributed by atoms with Crippen LogP contribution >= 0.6 is 0 Å². The Balaban J connectivity index is 1.78. The molecule has 0 bridgehead atoms. The average molecular weight is 298 g/mol. The maximum Gasteiger partial charge on any atom is 0.260 e. The standard InChI is InChI=1S/C12H18N4O3S/c13-10-3-1-7-14-12(10)20(18,19)15-8-2-4-11(17)16-9-5-6-9/h1,3,7,9,15H,2,4-6,8,13H2,(H,16,17). The lowest BCUT2D eigenvalue weighted by Crippen LogP contribution is -2.29. The number of hydrogen-bond donors (Lipinski definition) is 3. The molecule has 0 aromatic carbocycles. The number of hydrogen-bond acceptors (Lipinski definition) is 5. The predicted molar refractivity (Wildman–Crippen MR) is 74.2 cm³/mol. The lowest BCUT2D eigenvalue weighted by Gasteiger charge is -2.08. The molecule has 1 aromatic rings. The Bertz CT molecular complexity index is 584. The predicted octanol–water partition coefficient (Wildman–Crippen LogP) is 0.000900. The third-order valence-electron chi connectivity index (χ3n) is 2.87. The van der Waals surface area contributed by atoms with Gasteiger partial charge in [0.15, 0.2) is 5.03 Å². The fraction of sp³-hybridized carbons (Fsp3) is 0.500. The van der Waals surface area contributed by atoms with Gasteiger partial charge in [-0.2, -0.15) is 0 Å². The van der Waals surface area contributed by atoms with Gasteiger partial charge in [-0.1, -0.05) is 0 Å². The van der Waals surface area contributed by atoms with E-state index in [1.54, 1.807) is 6.07 Å². The molecule has 1 aliphatic carbocycles. The number of nitrogens with zero attached hydrogens (tertiary/aromatic N) is 1. The first-order valence-electron chi connectivity index (χ1n) is 6.48. The number of anilines is 1. The third-order valence-corrected chi connectivity index (χ3v) is 4.30. The molecular weight excluding hydrogens is 280 g/mol. The number of nitrogen functional groups attached to an aromatic ring is 1. The van der Waals surface area contributed by atoms with Crippen LogP contribution in [-0.2, 0) is 14.8 Å². The molecule has 4 N–H and O–H groups in total. The largest absolute Gasteiger partial charge is 0.396 e. The summed E-state index contributed by atoms with van der Waals surface area (Å²) in [6.45, 7) is 0.177. The smallest absolute Gasteiger partial charge is 0.260 e. The Morgan fingerprint density at radius 1 is 1.45 bits per heavy atom. The summed E-state index contributed by atoms with van der Waals surface area (Å²) < 4.78 is 26.3. The van der Waals surface area contributed by atoms with Crippen LogP contribution in [0.3, 0.4) is 0 Å². The molecule has 1 fully saturated rings. The highest BCUT2D eigenvalue weighted by atomic mass is 32.2. The van der Waals surface area contributed by atoms with E-state index in [1.165, 1.54) is 12.3 Å². The summed E-state index contributed by atoms with van der Waals surface area (Å²) in [5.74, 6) is -0.0379. The van der Waals surface area contributed by atoms with Crippen LogP contribution in [0.25, 0.3) is 0 Å². The average Bonchev–Trinajstić information content (AvgIpc) is 3.19. The molecule has 0 unspecified atom stereocenters. The quantitative estimate of drug-likeness (QED) is 0.613. The first kappa shape index (κ1) is 14.7. The molecule has 1 amide bonds. The first-order chi connectivity index (χ1) is 9.49. The number of sulfonamides is 1. The molecule has 0 radical (unpaired) electrons. The van der Waals surface area contributed by atoms with Crippen molar-refractivity contribution < 1.29 is 13.2 Å². The van der Waals surface area contributed by atoms with E-state index in [9.17, 15) is 13.2 Å². The van der Waals surface area contributed by atoms with Gasteiger partial charge in [0, 0.05) is 25.2 Å². The van der Waals surface area contributed by atoms with Crippen molar-refractivity contribution in [3.05, 3.63) is 18.3 Å². The van der Waals surface area contributed by atoms with Crippen LogP contribution in [0.1, 0.15) is 25.7 Å². The second-order valence-corrected chi connectivity index (χ2v) is 6.42. The third kappa shape index (κ3) is 4.17. The number of nitrogens with one attached hydrogen (secondary N) is 2. The summed E-state index contributed by atoms with van der Waals surface area (Å²) >= 11 is 0. The van der Waals surface area contributed by atoms with E-state index in [2.05, 4.69) is 15.0 Å². The van der Waals surface area contributed by atoms with Crippen LogP contribution in [0.15, 0.2) is 23.4 Å². The van der Waals surface area contributed by atoms with Crippen molar-refractivity contribution in [1.82, 2.24) is 15.0 Å². The zero-order valence-corrected chi connectivity index (χ0v) is 11.8. The van der Waals surface area contributed by atoms with Gasteiger partial charge in [0.1, 0.15) is 0 Å². The molecule has 20 heavy (non-hydrogen) atoms. The second-order valence-electron chi connectivity index (χ2n) is 4.74. The van der Waals surface area contributed by atoms with Crippen LogP contribution in [0, 0.1) is 0 Å². The Morgan fingerprint density at radius 2 is 2.20 bits per heavy atom. The number of aromatic nitrogens is 1. The fourth-order valence-corrected chi connectivity index (χ4v) is 2.81. The number of pyridine rings is 1. The monoisotopic (exact) mass is 298 g/mol. The van der Waals surface area contributed by atoms with Gasteiger partial charge in [0.2, 0.25) is 5.91 Å². The molecule has 0 aliphatic heterocycles. The molecule has 1 aliphatic rings. The number of nitrogens with two attached hydrogens (primary N) is 1. The van der Waals surface area contributed by atoms with Crippen molar-refractivity contribution >= 4 is 21.6 Å². The van der Waals surface area contributed by atoms with Crippen LogP contribution in [0.2, 0.25) is 0 Å². The SMILES string of the molecule is Nc1cccnc1S(=O)(=O)NCCCC(=O)NC1CC1. The number of carbonyl (C=O) groups excluding carboxylic acids is 1. The van der Waals surface area contributed by atoms with Gasteiger partial charge in [-0.3, -0.25) is 4.79 Å². The lowest BCUT2D eigenvalue weighted by molar-refractivity contribution is -0.121. The Morgan fingerprint density at radius 3 is 2.85 bits per heavy atom. The van der Waals surface area contributed by atoms with E-state index in [-0.39, 0.29) is 23.2 Å². The minimum atomic E-state index is -3.72. The topological polar surface area (TPSA) is 114 Å².